The molecule has 0 radical (unpaired) electrons. The first kappa shape index (κ1) is 15.3. The van der Waals surface area contributed by atoms with Crippen LogP contribution in [0.3, 0.4) is 0 Å². The first-order chi connectivity index (χ1) is 11.8. The highest BCUT2D eigenvalue weighted by atomic mass is 16.5. The molecule has 0 bridgehead atoms. The lowest BCUT2D eigenvalue weighted by Crippen LogP contribution is -2.40. The van der Waals surface area contributed by atoms with Crippen molar-refractivity contribution in [3.05, 3.63) is 35.7 Å². The third kappa shape index (κ3) is 3.05. The van der Waals surface area contributed by atoms with Crippen molar-refractivity contribution in [2.75, 3.05) is 39.5 Å². The smallest absolute Gasteiger partial charge is 0.254 e. The number of aromatic amines is 1. The zero-order chi connectivity index (χ0) is 16.4. The molecule has 1 aromatic heterocycles. The summed E-state index contributed by atoms with van der Waals surface area (Å²) in [6.07, 6.45) is 0.974. The molecule has 2 aromatic rings. The van der Waals surface area contributed by atoms with Crippen LogP contribution in [0.4, 0.5) is 0 Å². The number of carbonyl (C=O) groups is 1. The maximum atomic E-state index is 12.4. The minimum absolute atomic E-state index is 0.0450. The molecular weight excluding hydrogens is 308 g/mol. The van der Waals surface area contributed by atoms with Gasteiger partial charge in [-0.3, -0.25) is 9.89 Å². The Morgan fingerprint density at radius 1 is 1.12 bits per heavy atom. The van der Waals surface area contributed by atoms with Crippen molar-refractivity contribution >= 4 is 5.91 Å². The number of rotatable bonds is 3. The molecule has 3 heterocycles. The summed E-state index contributed by atoms with van der Waals surface area (Å²) in [7, 11) is 0. The number of benzene rings is 1. The lowest BCUT2D eigenvalue weighted by atomic mass is 10.1. The molecule has 4 rings (SSSR count). The van der Waals surface area contributed by atoms with Crippen LogP contribution in [0.2, 0.25) is 0 Å². The molecule has 2 fully saturated rings. The van der Waals surface area contributed by atoms with Crippen LogP contribution < -0.4 is 0 Å². The Bertz CT molecular complexity index is 701. The van der Waals surface area contributed by atoms with E-state index in [4.69, 9.17) is 9.47 Å². The van der Waals surface area contributed by atoms with Gasteiger partial charge < -0.3 is 14.4 Å². The lowest BCUT2D eigenvalue weighted by molar-refractivity contribution is 0.0303. The van der Waals surface area contributed by atoms with Crippen LogP contribution >= 0.6 is 0 Å². The summed E-state index contributed by atoms with van der Waals surface area (Å²) < 4.78 is 10.7. The van der Waals surface area contributed by atoms with Crippen molar-refractivity contribution in [3.8, 4) is 11.4 Å². The Hall–Kier alpha value is -2.25. The third-order valence-corrected chi connectivity index (χ3v) is 4.51. The second-order valence-electron chi connectivity index (χ2n) is 6.09. The second-order valence-corrected chi connectivity index (χ2v) is 6.09. The third-order valence-electron chi connectivity index (χ3n) is 4.51. The summed E-state index contributed by atoms with van der Waals surface area (Å²) in [6.45, 7) is 3.98. The molecule has 1 amide bonds. The molecule has 0 unspecified atom stereocenters. The van der Waals surface area contributed by atoms with E-state index in [1.54, 1.807) is 0 Å². The molecule has 0 aliphatic carbocycles. The maximum absolute atomic E-state index is 12.4. The van der Waals surface area contributed by atoms with Crippen LogP contribution in [0, 0.1) is 0 Å². The summed E-state index contributed by atoms with van der Waals surface area (Å²) in [4.78, 5) is 18.8. The van der Waals surface area contributed by atoms with Crippen molar-refractivity contribution < 1.29 is 14.3 Å². The number of hydrogen-bond acceptors (Lipinski definition) is 5. The number of H-pyrrole nitrogens is 1. The van der Waals surface area contributed by atoms with Crippen LogP contribution in [0.15, 0.2) is 24.3 Å². The van der Waals surface area contributed by atoms with Crippen LogP contribution in [0.25, 0.3) is 11.4 Å². The predicted molar refractivity (Wildman–Crippen MR) is 86.7 cm³/mol. The van der Waals surface area contributed by atoms with Gasteiger partial charge in [0.2, 0.25) is 0 Å². The second kappa shape index (κ2) is 6.70. The Morgan fingerprint density at radius 3 is 2.62 bits per heavy atom. The summed E-state index contributed by atoms with van der Waals surface area (Å²) in [5.74, 6) is 1.87. The zero-order valence-electron chi connectivity index (χ0n) is 13.4. The molecule has 1 N–H and O–H groups in total. The quantitative estimate of drug-likeness (QED) is 0.922. The van der Waals surface area contributed by atoms with E-state index in [1.165, 1.54) is 0 Å². The van der Waals surface area contributed by atoms with Gasteiger partial charge in [-0.15, -0.1) is 0 Å². The SMILES string of the molecule is O=C(c1ccc(-c2n[nH]c([C@@H]3CCOC3)n2)cc1)N1CCOCC1. The van der Waals surface area contributed by atoms with E-state index in [9.17, 15) is 4.79 Å². The molecule has 2 saturated heterocycles. The highest BCUT2D eigenvalue weighted by Crippen LogP contribution is 2.24. The summed E-state index contributed by atoms with van der Waals surface area (Å²) in [5, 5.41) is 7.30. The van der Waals surface area contributed by atoms with Gasteiger partial charge in [0, 0.05) is 36.7 Å². The standard InChI is InChI=1S/C17H20N4O3/c22-17(21-6-9-23-10-7-21)13-3-1-12(2-4-13)15-18-16(20-19-15)14-5-8-24-11-14/h1-4,14H,5-11H2,(H,18,19,20)/t14-/m1/s1. The average Bonchev–Trinajstić information content (AvgIpc) is 3.33. The normalized spacial score (nSPS) is 21.2. The number of aromatic nitrogens is 3. The number of amides is 1. The van der Waals surface area contributed by atoms with Gasteiger partial charge in [-0.1, -0.05) is 12.1 Å². The Kier molecular flexibility index (Phi) is 4.27. The van der Waals surface area contributed by atoms with E-state index in [-0.39, 0.29) is 5.91 Å². The van der Waals surface area contributed by atoms with Gasteiger partial charge in [-0.05, 0) is 18.6 Å². The van der Waals surface area contributed by atoms with Crippen molar-refractivity contribution in [1.82, 2.24) is 20.1 Å². The summed E-state index contributed by atoms with van der Waals surface area (Å²) >= 11 is 0. The van der Waals surface area contributed by atoms with Gasteiger partial charge in [-0.2, -0.15) is 5.10 Å². The number of ether oxygens (including phenoxy) is 2. The Balaban J connectivity index is 1.48. The molecule has 1 atom stereocenters. The van der Waals surface area contributed by atoms with Gasteiger partial charge >= 0.3 is 0 Å². The van der Waals surface area contributed by atoms with Crippen molar-refractivity contribution in [2.45, 2.75) is 12.3 Å². The van der Waals surface area contributed by atoms with Crippen molar-refractivity contribution in [3.63, 3.8) is 0 Å². The number of nitrogens with one attached hydrogen (secondary N) is 1. The monoisotopic (exact) mass is 328 g/mol. The fourth-order valence-corrected chi connectivity index (χ4v) is 3.05. The van der Waals surface area contributed by atoms with E-state index in [0.717, 1.165) is 24.4 Å². The summed E-state index contributed by atoms with van der Waals surface area (Å²) in [5.41, 5.74) is 1.58. The topological polar surface area (TPSA) is 80.3 Å². The van der Waals surface area contributed by atoms with Crippen LogP contribution in [0.1, 0.15) is 28.5 Å². The molecular formula is C17H20N4O3. The molecule has 2 aliphatic heterocycles. The fraction of sp³-hybridized carbons (Fsp3) is 0.471. The number of nitrogens with zero attached hydrogens (tertiary/aromatic N) is 3. The first-order valence-corrected chi connectivity index (χ1v) is 8.29. The summed E-state index contributed by atoms with van der Waals surface area (Å²) in [6, 6.07) is 7.46. The Labute approximate surface area is 140 Å². The minimum atomic E-state index is 0.0450. The zero-order valence-corrected chi connectivity index (χ0v) is 13.4. The molecule has 24 heavy (non-hydrogen) atoms. The van der Waals surface area contributed by atoms with Gasteiger partial charge in [0.15, 0.2) is 5.82 Å². The van der Waals surface area contributed by atoms with Crippen LogP contribution in [-0.4, -0.2) is 65.5 Å². The van der Waals surface area contributed by atoms with E-state index >= 15 is 0 Å². The molecule has 2 aliphatic rings. The first-order valence-electron chi connectivity index (χ1n) is 8.29. The number of morpholine rings is 1. The van der Waals surface area contributed by atoms with E-state index < -0.39 is 0 Å². The molecule has 0 saturated carbocycles. The molecule has 0 spiro atoms. The van der Waals surface area contributed by atoms with E-state index in [1.807, 2.05) is 29.2 Å². The van der Waals surface area contributed by atoms with Gasteiger partial charge in [0.25, 0.3) is 5.91 Å². The van der Waals surface area contributed by atoms with Gasteiger partial charge in [0.1, 0.15) is 5.82 Å². The number of hydrogen-bond donors (Lipinski definition) is 1. The van der Waals surface area contributed by atoms with Gasteiger partial charge in [0.05, 0.1) is 19.8 Å². The fourth-order valence-electron chi connectivity index (χ4n) is 3.05. The van der Waals surface area contributed by atoms with Crippen LogP contribution in [-0.2, 0) is 9.47 Å². The average molecular weight is 328 g/mol. The molecule has 7 heteroatoms. The predicted octanol–water partition coefficient (Wildman–Crippen LogP) is 1.45. The molecule has 1 aromatic carbocycles. The van der Waals surface area contributed by atoms with Crippen molar-refractivity contribution in [1.29, 1.82) is 0 Å². The Morgan fingerprint density at radius 2 is 1.92 bits per heavy atom. The highest BCUT2D eigenvalue weighted by Gasteiger charge is 2.22. The minimum Gasteiger partial charge on any atom is -0.381 e. The highest BCUT2D eigenvalue weighted by molar-refractivity contribution is 5.94. The lowest BCUT2D eigenvalue weighted by Gasteiger charge is -2.26. The van der Waals surface area contributed by atoms with E-state index in [2.05, 4.69) is 15.2 Å². The van der Waals surface area contributed by atoms with E-state index in [0.29, 0.717) is 50.2 Å². The van der Waals surface area contributed by atoms with Crippen LogP contribution in [0.5, 0.6) is 0 Å². The van der Waals surface area contributed by atoms with Gasteiger partial charge in [-0.25, -0.2) is 4.98 Å². The van der Waals surface area contributed by atoms with Crippen molar-refractivity contribution in [2.24, 2.45) is 0 Å². The molecule has 126 valence electrons. The molecule has 7 nitrogen and oxygen atoms in total. The number of carbonyl (C=O) groups excluding carboxylic acids is 1. The maximum Gasteiger partial charge on any atom is 0.254 e. The largest absolute Gasteiger partial charge is 0.381 e.